The van der Waals surface area contributed by atoms with Gasteiger partial charge in [0.05, 0.1) is 4.88 Å². The largest absolute Gasteiger partial charge is 0.431 e. The molecule has 0 aliphatic rings. The highest BCUT2D eigenvalue weighted by Gasteiger charge is 2.72. The summed E-state index contributed by atoms with van der Waals surface area (Å²) < 4.78 is 97.1. The number of benzene rings is 2. The van der Waals surface area contributed by atoms with E-state index in [-0.39, 0.29) is 26.8 Å². The van der Waals surface area contributed by atoms with Crippen LogP contribution in [0.1, 0.15) is 10.4 Å². The van der Waals surface area contributed by atoms with Gasteiger partial charge in [0.1, 0.15) is 11.4 Å². The second-order valence-electron chi connectivity index (χ2n) is 7.35. The number of aliphatic hydroxyl groups is 1. The van der Waals surface area contributed by atoms with E-state index in [2.05, 4.69) is 4.98 Å². The summed E-state index contributed by atoms with van der Waals surface area (Å²) in [5, 5.41) is 10.0. The van der Waals surface area contributed by atoms with Gasteiger partial charge in [-0.1, -0.05) is 23.9 Å². The molecule has 0 aliphatic carbocycles. The Morgan fingerprint density at radius 1 is 1.00 bits per heavy atom. The fourth-order valence-corrected chi connectivity index (χ4v) is 5.45. The van der Waals surface area contributed by atoms with E-state index < -0.39 is 34.3 Å². The molecular formula is C22H12F7NO3S2. The van der Waals surface area contributed by atoms with Gasteiger partial charge in [-0.05, 0) is 42.8 Å². The molecule has 4 aromatic rings. The standard InChI is InChI=1S/C22H12F7NO3S2/c1-10-17(11-2-4-12(23)5-3-11)14-7-6-13(8-15(14)33-18(10)31)34-19-30-9-16(35-19)20(32,21(24,25)26)22(27,28)29/h2-9,32H,1H3. The van der Waals surface area contributed by atoms with Crippen molar-refractivity contribution in [1.82, 2.24) is 4.98 Å². The summed E-state index contributed by atoms with van der Waals surface area (Å²) in [4.78, 5) is 14.8. The maximum absolute atomic E-state index is 13.3. The molecule has 0 bridgehead atoms. The van der Waals surface area contributed by atoms with Crippen LogP contribution in [0.15, 0.2) is 67.1 Å². The van der Waals surface area contributed by atoms with E-state index in [0.29, 0.717) is 27.6 Å². The fourth-order valence-electron chi connectivity index (χ4n) is 3.34. The Balaban J connectivity index is 1.73. The highest BCUT2D eigenvalue weighted by molar-refractivity contribution is 8.01. The quantitative estimate of drug-likeness (QED) is 0.229. The van der Waals surface area contributed by atoms with Crippen LogP contribution in [0.2, 0.25) is 0 Å². The van der Waals surface area contributed by atoms with Crippen molar-refractivity contribution < 1.29 is 40.3 Å². The third-order valence-corrected chi connectivity index (χ3v) is 7.28. The van der Waals surface area contributed by atoms with Gasteiger partial charge < -0.3 is 9.52 Å². The minimum atomic E-state index is -6.01. The number of aromatic nitrogens is 1. The molecule has 4 nitrogen and oxygen atoms in total. The maximum Gasteiger partial charge on any atom is 0.431 e. The van der Waals surface area contributed by atoms with Crippen molar-refractivity contribution >= 4 is 34.1 Å². The Labute approximate surface area is 200 Å². The molecule has 0 atom stereocenters. The number of alkyl halides is 6. The van der Waals surface area contributed by atoms with Crippen molar-refractivity contribution in [3.63, 3.8) is 0 Å². The number of halogens is 7. The molecule has 0 amide bonds. The van der Waals surface area contributed by atoms with Crippen molar-refractivity contribution in [2.45, 2.75) is 34.1 Å². The van der Waals surface area contributed by atoms with Gasteiger partial charge in [0.15, 0.2) is 4.34 Å². The SMILES string of the molecule is Cc1c(-c2ccc(F)cc2)c2ccc(Sc3ncc(C(O)(C(F)(F)F)C(F)(F)F)s3)cc2oc1=O. The van der Waals surface area contributed by atoms with Crippen LogP contribution in [-0.2, 0) is 5.60 Å². The van der Waals surface area contributed by atoms with E-state index in [1.807, 2.05) is 0 Å². The first-order valence-electron chi connectivity index (χ1n) is 9.56. The van der Waals surface area contributed by atoms with Crippen LogP contribution in [-0.4, -0.2) is 22.4 Å². The van der Waals surface area contributed by atoms with Crippen molar-refractivity contribution in [1.29, 1.82) is 0 Å². The van der Waals surface area contributed by atoms with Crippen LogP contribution in [0.5, 0.6) is 0 Å². The zero-order valence-corrected chi connectivity index (χ0v) is 18.9. The van der Waals surface area contributed by atoms with E-state index in [9.17, 15) is 40.6 Å². The topological polar surface area (TPSA) is 63.3 Å². The number of nitrogens with zero attached hydrogens (tertiary/aromatic N) is 1. The molecule has 0 spiro atoms. The van der Waals surface area contributed by atoms with Crippen LogP contribution in [0.3, 0.4) is 0 Å². The van der Waals surface area contributed by atoms with Gasteiger partial charge in [-0.25, -0.2) is 14.2 Å². The molecule has 2 aromatic carbocycles. The Kier molecular flexibility index (Phi) is 6.22. The van der Waals surface area contributed by atoms with E-state index in [4.69, 9.17) is 4.42 Å². The minimum Gasteiger partial charge on any atom is -0.422 e. The highest BCUT2D eigenvalue weighted by atomic mass is 32.2. The summed E-state index contributed by atoms with van der Waals surface area (Å²) in [6, 6.07) is 9.88. The van der Waals surface area contributed by atoms with Crippen LogP contribution < -0.4 is 5.63 Å². The molecule has 0 saturated carbocycles. The molecule has 184 valence electrons. The maximum atomic E-state index is 13.3. The molecule has 0 fully saturated rings. The summed E-state index contributed by atoms with van der Waals surface area (Å²) in [6.45, 7) is 1.53. The van der Waals surface area contributed by atoms with Gasteiger partial charge in [0.25, 0.3) is 5.60 Å². The molecule has 0 unspecified atom stereocenters. The van der Waals surface area contributed by atoms with Gasteiger partial charge in [0.2, 0.25) is 0 Å². The van der Waals surface area contributed by atoms with Crippen LogP contribution in [0, 0.1) is 12.7 Å². The summed E-state index contributed by atoms with van der Waals surface area (Å²) in [5.41, 5.74) is -4.32. The Morgan fingerprint density at radius 2 is 1.63 bits per heavy atom. The van der Waals surface area contributed by atoms with Crippen molar-refractivity contribution in [2.75, 3.05) is 0 Å². The van der Waals surface area contributed by atoms with E-state index in [1.54, 1.807) is 6.07 Å². The fraction of sp³-hybridized carbons (Fsp3) is 0.182. The summed E-state index contributed by atoms with van der Waals surface area (Å²) in [5.74, 6) is -0.469. The van der Waals surface area contributed by atoms with Crippen molar-refractivity contribution in [2.24, 2.45) is 0 Å². The molecule has 1 N–H and O–H groups in total. The second kappa shape index (κ2) is 8.64. The molecule has 2 aromatic heterocycles. The zero-order valence-electron chi connectivity index (χ0n) is 17.3. The average molecular weight is 535 g/mol. The van der Waals surface area contributed by atoms with Crippen LogP contribution in [0.25, 0.3) is 22.1 Å². The minimum absolute atomic E-state index is 0.0348. The lowest BCUT2D eigenvalue weighted by Gasteiger charge is -2.30. The number of thiazole rings is 1. The first-order valence-corrected chi connectivity index (χ1v) is 11.2. The molecule has 0 radical (unpaired) electrons. The molecule has 0 saturated heterocycles. The lowest BCUT2D eigenvalue weighted by molar-refractivity contribution is -0.375. The second-order valence-corrected chi connectivity index (χ2v) is 9.70. The first kappa shape index (κ1) is 25.2. The predicted octanol–water partition coefficient (Wildman–Crippen LogP) is 6.83. The number of rotatable bonds is 4. The zero-order chi connectivity index (χ0) is 25.8. The predicted molar refractivity (Wildman–Crippen MR) is 115 cm³/mol. The third kappa shape index (κ3) is 4.43. The van der Waals surface area contributed by atoms with Gasteiger partial charge in [-0.3, -0.25) is 0 Å². The van der Waals surface area contributed by atoms with E-state index in [0.717, 1.165) is 11.8 Å². The number of hydrogen-bond donors (Lipinski definition) is 1. The monoisotopic (exact) mass is 535 g/mol. The smallest absolute Gasteiger partial charge is 0.422 e. The van der Waals surface area contributed by atoms with E-state index >= 15 is 0 Å². The van der Waals surface area contributed by atoms with Crippen LogP contribution >= 0.6 is 23.1 Å². The molecule has 35 heavy (non-hydrogen) atoms. The van der Waals surface area contributed by atoms with Crippen molar-refractivity contribution in [3.8, 4) is 11.1 Å². The normalized spacial score (nSPS) is 12.9. The van der Waals surface area contributed by atoms with Gasteiger partial charge in [0, 0.05) is 27.6 Å². The lowest BCUT2D eigenvalue weighted by atomic mass is 9.98. The molecule has 13 heteroatoms. The van der Waals surface area contributed by atoms with Gasteiger partial charge >= 0.3 is 18.0 Å². The Bertz CT molecular complexity index is 1440. The lowest BCUT2D eigenvalue weighted by Crippen LogP contribution is -2.53. The average Bonchev–Trinajstić information content (AvgIpc) is 3.22. The van der Waals surface area contributed by atoms with Gasteiger partial charge in [-0.2, -0.15) is 26.3 Å². The van der Waals surface area contributed by atoms with Crippen LogP contribution in [0.4, 0.5) is 30.7 Å². The van der Waals surface area contributed by atoms with Crippen molar-refractivity contribution in [3.05, 3.63) is 75.3 Å². The highest BCUT2D eigenvalue weighted by Crippen LogP contribution is 2.52. The molecular weight excluding hydrogens is 523 g/mol. The Hall–Kier alpha value is -2.90. The summed E-state index contributed by atoms with van der Waals surface area (Å²) in [6.07, 6.45) is -11.7. The summed E-state index contributed by atoms with van der Waals surface area (Å²) >= 11 is 0.759. The summed E-state index contributed by atoms with van der Waals surface area (Å²) in [7, 11) is 0. The molecule has 4 rings (SSSR count). The molecule has 2 heterocycles. The van der Waals surface area contributed by atoms with Gasteiger partial charge in [-0.15, -0.1) is 11.3 Å². The first-order chi connectivity index (χ1) is 16.2. The third-order valence-electron chi connectivity index (χ3n) is 5.11. The Morgan fingerprint density at radius 3 is 2.23 bits per heavy atom. The molecule has 0 aliphatic heterocycles. The number of hydrogen-bond acceptors (Lipinski definition) is 6. The van der Waals surface area contributed by atoms with E-state index in [1.165, 1.54) is 43.3 Å². The number of fused-ring (bicyclic) bond motifs is 1.